The Morgan fingerprint density at radius 2 is 1.93 bits per heavy atom. The highest BCUT2D eigenvalue weighted by Crippen LogP contribution is 2.11. The quantitative estimate of drug-likeness (QED) is 0.703. The number of carbonyl (C=O) groups is 1. The number of carboxylic acid groups (broad SMARTS) is 1. The summed E-state index contributed by atoms with van der Waals surface area (Å²) in [4.78, 5) is 12.7. The second kappa shape index (κ2) is 6.08. The van der Waals surface area contributed by atoms with Crippen LogP contribution in [0, 0.1) is 0 Å². The van der Waals surface area contributed by atoms with Crippen LogP contribution in [0.15, 0.2) is 0 Å². The van der Waals surface area contributed by atoms with Crippen LogP contribution in [0.4, 0.5) is 0 Å². The molecule has 1 fully saturated rings. The smallest absolute Gasteiger partial charge is 0.303 e. The predicted molar refractivity (Wildman–Crippen MR) is 57.9 cm³/mol. The van der Waals surface area contributed by atoms with E-state index in [1.54, 1.807) is 0 Å². The van der Waals surface area contributed by atoms with E-state index in [0.29, 0.717) is 12.2 Å². The summed E-state index contributed by atoms with van der Waals surface area (Å²) >= 11 is 0. The summed E-state index contributed by atoms with van der Waals surface area (Å²) < 4.78 is 5.63. The van der Waals surface area contributed by atoms with E-state index in [-0.39, 0.29) is 6.42 Å². The van der Waals surface area contributed by atoms with E-state index in [4.69, 9.17) is 9.84 Å². The molecule has 1 N–H and O–H groups in total. The maximum absolute atomic E-state index is 10.3. The van der Waals surface area contributed by atoms with Gasteiger partial charge in [0.25, 0.3) is 0 Å². The topological polar surface area (TPSA) is 49.8 Å². The highest BCUT2D eigenvalue weighted by molar-refractivity contribution is 5.66. The Kier molecular flexibility index (Phi) is 5.05. The van der Waals surface area contributed by atoms with E-state index in [9.17, 15) is 4.79 Å². The number of carboxylic acids is 1. The molecule has 0 saturated carbocycles. The lowest BCUT2D eigenvalue weighted by molar-refractivity contribution is -0.137. The second-order valence-electron chi connectivity index (χ2n) is 4.37. The molecule has 0 aromatic carbocycles. The van der Waals surface area contributed by atoms with E-state index in [2.05, 4.69) is 18.7 Å². The molecule has 0 unspecified atom stereocenters. The van der Waals surface area contributed by atoms with Gasteiger partial charge in [-0.15, -0.1) is 0 Å². The molecule has 88 valence electrons. The Labute approximate surface area is 91.2 Å². The number of ether oxygens (including phenoxy) is 1. The third-order valence-corrected chi connectivity index (χ3v) is 2.61. The largest absolute Gasteiger partial charge is 0.481 e. The molecule has 0 aromatic heterocycles. The fraction of sp³-hybridized carbons (Fsp3) is 0.909. The first-order valence-corrected chi connectivity index (χ1v) is 5.67. The number of morpholine rings is 1. The highest BCUT2D eigenvalue weighted by atomic mass is 16.5. The maximum atomic E-state index is 10.3. The third-order valence-electron chi connectivity index (χ3n) is 2.61. The van der Waals surface area contributed by atoms with Crippen molar-refractivity contribution in [1.82, 2.24) is 4.90 Å². The van der Waals surface area contributed by atoms with Gasteiger partial charge in [-0.05, 0) is 33.2 Å². The van der Waals surface area contributed by atoms with Gasteiger partial charge >= 0.3 is 5.97 Å². The number of nitrogens with zero attached hydrogens (tertiary/aromatic N) is 1. The van der Waals surface area contributed by atoms with Crippen molar-refractivity contribution in [2.24, 2.45) is 0 Å². The molecule has 4 heteroatoms. The average Bonchev–Trinajstić information content (AvgIpc) is 2.10. The number of hydrogen-bond acceptors (Lipinski definition) is 3. The first kappa shape index (κ1) is 12.5. The van der Waals surface area contributed by atoms with Crippen molar-refractivity contribution in [3.05, 3.63) is 0 Å². The average molecular weight is 215 g/mol. The molecule has 1 aliphatic heterocycles. The van der Waals surface area contributed by atoms with Crippen molar-refractivity contribution in [1.29, 1.82) is 0 Å². The van der Waals surface area contributed by atoms with Crippen LogP contribution in [0.2, 0.25) is 0 Å². The van der Waals surface area contributed by atoms with Crippen LogP contribution in [-0.2, 0) is 9.53 Å². The summed E-state index contributed by atoms with van der Waals surface area (Å²) in [5.41, 5.74) is 0. The van der Waals surface area contributed by atoms with E-state index < -0.39 is 5.97 Å². The molecule has 0 spiro atoms. The Balaban J connectivity index is 2.12. The lowest BCUT2D eigenvalue weighted by atomic mass is 10.2. The number of rotatable bonds is 5. The molecule has 0 amide bonds. The van der Waals surface area contributed by atoms with Gasteiger partial charge in [0, 0.05) is 19.5 Å². The fourth-order valence-electron chi connectivity index (χ4n) is 2.08. The molecule has 1 rings (SSSR count). The van der Waals surface area contributed by atoms with Gasteiger partial charge in [-0.2, -0.15) is 0 Å². The molecular formula is C11H21NO3. The van der Waals surface area contributed by atoms with Crippen molar-refractivity contribution >= 4 is 5.97 Å². The molecule has 0 radical (unpaired) electrons. The summed E-state index contributed by atoms with van der Waals surface area (Å²) in [6.45, 7) is 7.10. The van der Waals surface area contributed by atoms with Crippen molar-refractivity contribution in [3.8, 4) is 0 Å². The minimum Gasteiger partial charge on any atom is -0.481 e. The molecule has 1 heterocycles. The van der Waals surface area contributed by atoms with E-state index >= 15 is 0 Å². The molecule has 0 bridgehead atoms. The highest BCUT2D eigenvalue weighted by Gasteiger charge is 2.21. The van der Waals surface area contributed by atoms with E-state index in [1.165, 1.54) is 0 Å². The fourth-order valence-corrected chi connectivity index (χ4v) is 2.08. The first-order chi connectivity index (χ1) is 7.08. The monoisotopic (exact) mass is 215 g/mol. The zero-order valence-electron chi connectivity index (χ0n) is 9.61. The van der Waals surface area contributed by atoms with E-state index in [0.717, 1.165) is 32.5 Å². The van der Waals surface area contributed by atoms with Gasteiger partial charge in [0.05, 0.1) is 12.2 Å². The van der Waals surface area contributed by atoms with Crippen molar-refractivity contribution in [3.63, 3.8) is 0 Å². The van der Waals surface area contributed by atoms with Crippen molar-refractivity contribution in [2.75, 3.05) is 19.6 Å². The van der Waals surface area contributed by atoms with Gasteiger partial charge in [0.2, 0.25) is 0 Å². The summed E-state index contributed by atoms with van der Waals surface area (Å²) in [5.74, 6) is -0.696. The minimum atomic E-state index is -0.696. The molecule has 2 atom stereocenters. The summed E-state index contributed by atoms with van der Waals surface area (Å²) in [6.07, 6.45) is 2.62. The number of hydrogen-bond donors (Lipinski definition) is 1. The summed E-state index contributed by atoms with van der Waals surface area (Å²) in [6, 6.07) is 0. The number of unbranched alkanes of at least 4 members (excludes halogenated alkanes) is 1. The van der Waals surface area contributed by atoms with Gasteiger partial charge in [-0.1, -0.05) is 0 Å². The van der Waals surface area contributed by atoms with Gasteiger partial charge < -0.3 is 9.84 Å². The Morgan fingerprint density at radius 3 is 2.47 bits per heavy atom. The van der Waals surface area contributed by atoms with Crippen LogP contribution in [0.25, 0.3) is 0 Å². The molecule has 4 nitrogen and oxygen atoms in total. The Bertz CT molecular complexity index is 198. The van der Waals surface area contributed by atoms with Crippen molar-refractivity contribution < 1.29 is 14.6 Å². The standard InChI is InChI=1S/C11H21NO3/c1-9-7-12(8-10(2)15-9)6-4-3-5-11(13)14/h9-10H,3-8H2,1-2H3,(H,13,14)/t9-,10+. The van der Waals surface area contributed by atoms with Gasteiger partial charge in [0.1, 0.15) is 0 Å². The van der Waals surface area contributed by atoms with Gasteiger partial charge in [0.15, 0.2) is 0 Å². The first-order valence-electron chi connectivity index (χ1n) is 5.67. The molecule has 0 aliphatic carbocycles. The Hall–Kier alpha value is -0.610. The van der Waals surface area contributed by atoms with Gasteiger partial charge in [-0.3, -0.25) is 9.69 Å². The normalized spacial score (nSPS) is 27.9. The predicted octanol–water partition coefficient (Wildman–Crippen LogP) is 1.35. The third kappa shape index (κ3) is 5.14. The molecule has 15 heavy (non-hydrogen) atoms. The van der Waals surface area contributed by atoms with Crippen LogP contribution in [-0.4, -0.2) is 47.8 Å². The molecule has 1 aliphatic rings. The lowest BCUT2D eigenvalue weighted by Crippen LogP contribution is -2.45. The van der Waals surface area contributed by atoms with Gasteiger partial charge in [-0.25, -0.2) is 0 Å². The minimum absolute atomic E-state index is 0.287. The zero-order valence-corrected chi connectivity index (χ0v) is 9.61. The van der Waals surface area contributed by atoms with Crippen LogP contribution in [0.3, 0.4) is 0 Å². The summed E-state index contributed by atoms with van der Waals surface area (Å²) in [5, 5.41) is 8.50. The second-order valence-corrected chi connectivity index (χ2v) is 4.37. The van der Waals surface area contributed by atoms with Crippen LogP contribution in [0.1, 0.15) is 33.1 Å². The van der Waals surface area contributed by atoms with Crippen LogP contribution < -0.4 is 0 Å². The number of aliphatic carboxylic acids is 1. The van der Waals surface area contributed by atoms with E-state index in [1.807, 2.05) is 0 Å². The SMILES string of the molecule is C[C@@H]1CN(CCCCC(=O)O)C[C@H](C)O1. The molecule has 0 aromatic rings. The summed E-state index contributed by atoms with van der Waals surface area (Å²) in [7, 11) is 0. The lowest BCUT2D eigenvalue weighted by Gasteiger charge is -2.35. The molecular weight excluding hydrogens is 194 g/mol. The molecule has 1 saturated heterocycles. The maximum Gasteiger partial charge on any atom is 0.303 e. The van der Waals surface area contributed by atoms with Crippen molar-refractivity contribution in [2.45, 2.75) is 45.3 Å². The zero-order chi connectivity index (χ0) is 11.3. The van der Waals surface area contributed by atoms with Crippen LogP contribution in [0.5, 0.6) is 0 Å². The van der Waals surface area contributed by atoms with Crippen LogP contribution >= 0.6 is 0 Å². The Morgan fingerprint density at radius 1 is 1.33 bits per heavy atom.